The fraction of sp³-hybridized carbons (Fsp3) is 0.773. The fourth-order valence-electron chi connectivity index (χ4n) is 4.42. The first-order valence-corrected chi connectivity index (χ1v) is 13.1. The molecule has 0 bridgehead atoms. The fourth-order valence-corrected chi connectivity index (χ4v) is 6.23. The first-order chi connectivity index (χ1) is 15.5. The van der Waals surface area contributed by atoms with E-state index >= 15 is 0 Å². The lowest BCUT2D eigenvalue weighted by Crippen LogP contribution is -2.47. The summed E-state index contributed by atoms with van der Waals surface area (Å²) in [4.78, 5) is 28.9. The van der Waals surface area contributed by atoms with E-state index in [1.54, 1.807) is 20.8 Å². The molecule has 1 fully saturated rings. The van der Waals surface area contributed by atoms with E-state index in [2.05, 4.69) is 10.5 Å². The number of aromatic nitrogens is 1. The van der Waals surface area contributed by atoms with Gasteiger partial charge < -0.3 is 14.7 Å². The van der Waals surface area contributed by atoms with Crippen LogP contribution in [0.15, 0.2) is 9.42 Å². The quantitative estimate of drug-likeness (QED) is 0.505. The Kier molecular flexibility index (Phi) is 9.86. The third-order valence-corrected chi connectivity index (χ3v) is 8.41. The van der Waals surface area contributed by atoms with Gasteiger partial charge in [-0.2, -0.15) is 4.31 Å². The topological polar surface area (TPSA) is 116 Å². The van der Waals surface area contributed by atoms with Gasteiger partial charge in [-0.3, -0.25) is 9.69 Å². The molecule has 1 aromatic heterocycles. The van der Waals surface area contributed by atoms with Crippen LogP contribution >= 0.6 is 0 Å². The van der Waals surface area contributed by atoms with Gasteiger partial charge in [0, 0.05) is 32.6 Å². The zero-order chi connectivity index (χ0) is 24.8. The zero-order valence-electron chi connectivity index (χ0n) is 20.8. The minimum absolute atomic E-state index is 0.0224. The summed E-state index contributed by atoms with van der Waals surface area (Å²) >= 11 is 0. The summed E-state index contributed by atoms with van der Waals surface area (Å²) in [7, 11) is 0.228. The van der Waals surface area contributed by atoms with Crippen molar-refractivity contribution in [3.8, 4) is 0 Å². The Morgan fingerprint density at radius 2 is 1.91 bits per heavy atom. The normalized spacial score (nSPS) is 19.6. The maximum Gasteiger partial charge on any atom is 0.324 e. The summed E-state index contributed by atoms with van der Waals surface area (Å²) in [5.41, 5.74) is 0.355. The number of urea groups is 1. The molecule has 2 atom stereocenters. The molecule has 0 saturated carbocycles. The predicted octanol–water partition coefficient (Wildman–Crippen LogP) is 2.23. The van der Waals surface area contributed by atoms with Crippen LogP contribution in [0.3, 0.4) is 0 Å². The van der Waals surface area contributed by atoms with Crippen LogP contribution in [0.4, 0.5) is 4.79 Å². The number of carbonyl (C=O) groups is 2. The number of imide groups is 1. The van der Waals surface area contributed by atoms with Crippen LogP contribution in [0, 0.1) is 25.7 Å². The highest BCUT2D eigenvalue weighted by Gasteiger charge is 2.38. The number of nitrogens with zero attached hydrogens (tertiary/aromatic N) is 4. The van der Waals surface area contributed by atoms with Gasteiger partial charge >= 0.3 is 6.03 Å². The summed E-state index contributed by atoms with van der Waals surface area (Å²) in [6.45, 7) is 9.33. The van der Waals surface area contributed by atoms with Crippen molar-refractivity contribution in [3.05, 3.63) is 11.5 Å². The number of sulfonamides is 1. The number of carbonyl (C=O) groups excluding carboxylic acids is 2. The largest absolute Gasteiger partial charge is 0.360 e. The molecule has 2 rings (SSSR count). The van der Waals surface area contributed by atoms with Crippen LogP contribution in [-0.4, -0.2) is 86.4 Å². The second-order valence-corrected chi connectivity index (χ2v) is 10.8. The maximum absolute atomic E-state index is 13.2. The van der Waals surface area contributed by atoms with E-state index in [4.69, 9.17) is 4.52 Å². The molecule has 0 spiro atoms. The number of hydrogen-bond acceptors (Lipinski definition) is 7. The van der Waals surface area contributed by atoms with E-state index in [1.165, 1.54) is 9.21 Å². The van der Waals surface area contributed by atoms with Gasteiger partial charge in [0.15, 0.2) is 5.76 Å². The highest BCUT2D eigenvalue weighted by atomic mass is 32.2. The van der Waals surface area contributed by atoms with Crippen LogP contribution in [0.1, 0.15) is 51.0 Å². The molecule has 0 aliphatic carbocycles. The minimum Gasteiger partial charge on any atom is -0.360 e. The zero-order valence-corrected chi connectivity index (χ0v) is 21.6. The summed E-state index contributed by atoms with van der Waals surface area (Å²) in [5.74, 6) is 0.120. The molecule has 0 radical (unpaired) electrons. The SMILES string of the molecule is CCC1CN(S(=O)(=O)c2c(C)noc2C)CCC1CC(=O)N(CC)C(=O)NCCCN(C)C. The van der Waals surface area contributed by atoms with Gasteiger partial charge in [0.25, 0.3) is 0 Å². The van der Waals surface area contributed by atoms with Gasteiger partial charge in [-0.1, -0.05) is 18.5 Å². The van der Waals surface area contributed by atoms with Gasteiger partial charge in [0.2, 0.25) is 15.9 Å². The number of hydrogen-bond donors (Lipinski definition) is 1. The van der Waals surface area contributed by atoms with Crippen LogP contribution in [-0.2, 0) is 14.8 Å². The Morgan fingerprint density at radius 3 is 2.45 bits per heavy atom. The molecule has 11 heteroatoms. The number of piperidine rings is 1. The highest BCUT2D eigenvalue weighted by Crippen LogP contribution is 2.33. The van der Waals surface area contributed by atoms with Crippen LogP contribution < -0.4 is 5.32 Å². The number of nitrogens with one attached hydrogen (secondary N) is 1. The molecule has 1 saturated heterocycles. The van der Waals surface area contributed by atoms with Gasteiger partial charge in [0.05, 0.1) is 0 Å². The third-order valence-electron chi connectivity index (χ3n) is 6.30. The average Bonchev–Trinajstić information content (AvgIpc) is 3.10. The van der Waals surface area contributed by atoms with Crippen molar-refractivity contribution in [3.63, 3.8) is 0 Å². The molecule has 1 aromatic rings. The number of amides is 3. The number of aryl methyl sites for hydroxylation is 2. The standard InChI is InChI=1S/C22H39N5O5S/c1-7-18-15-26(33(30,31)21-16(3)24-32-17(21)4)13-10-19(18)14-20(28)27(8-2)22(29)23-11-9-12-25(5)6/h18-19H,7-15H2,1-6H3,(H,23,29). The lowest BCUT2D eigenvalue weighted by atomic mass is 9.82. The summed E-state index contributed by atoms with van der Waals surface area (Å²) in [5, 5.41) is 6.60. The Hall–Kier alpha value is -1.98. The predicted molar refractivity (Wildman–Crippen MR) is 125 cm³/mol. The van der Waals surface area contributed by atoms with Crippen molar-refractivity contribution in [2.45, 2.75) is 58.3 Å². The van der Waals surface area contributed by atoms with E-state index in [0.29, 0.717) is 38.3 Å². The molecule has 1 N–H and O–H groups in total. The Balaban J connectivity index is 2.00. The molecule has 1 aliphatic rings. The van der Waals surface area contributed by atoms with Crippen molar-refractivity contribution in [1.82, 2.24) is 24.6 Å². The molecule has 188 valence electrons. The first-order valence-electron chi connectivity index (χ1n) is 11.7. The second kappa shape index (κ2) is 11.9. The molecule has 3 amide bonds. The lowest BCUT2D eigenvalue weighted by molar-refractivity contribution is -0.129. The summed E-state index contributed by atoms with van der Waals surface area (Å²) in [6.07, 6.45) is 2.35. The molecule has 33 heavy (non-hydrogen) atoms. The molecule has 2 unspecified atom stereocenters. The van der Waals surface area contributed by atoms with E-state index in [-0.39, 0.29) is 40.9 Å². The van der Waals surface area contributed by atoms with Gasteiger partial charge in [0.1, 0.15) is 10.6 Å². The Bertz CT molecular complexity index is 895. The molecule has 0 aromatic carbocycles. The van der Waals surface area contributed by atoms with Crippen LogP contribution in [0.5, 0.6) is 0 Å². The van der Waals surface area contributed by atoms with Crippen molar-refractivity contribution < 1.29 is 22.5 Å². The van der Waals surface area contributed by atoms with E-state index in [9.17, 15) is 18.0 Å². The van der Waals surface area contributed by atoms with Crippen molar-refractivity contribution in [2.24, 2.45) is 11.8 Å². The van der Waals surface area contributed by atoms with Crippen LogP contribution in [0.2, 0.25) is 0 Å². The minimum atomic E-state index is -3.71. The molecule has 2 heterocycles. The first kappa shape index (κ1) is 27.3. The average molecular weight is 486 g/mol. The van der Waals surface area contributed by atoms with E-state index in [0.717, 1.165) is 19.4 Å². The smallest absolute Gasteiger partial charge is 0.324 e. The molecule has 10 nitrogen and oxygen atoms in total. The number of rotatable bonds is 10. The highest BCUT2D eigenvalue weighted by molar-refractivity contribution is 7.89. The monoisotopic (exact) mass is 485 g/mol. The summed E-state index contributed by atoms with van der Waals surface area (Å²) in [6, 6.07) is -0.368. The van der Waals surface area contributed by atoms with Crippen LogP contribution in [0.25, 0.3) is 0 Å². The van der Waals surface area contributed by atoms with Crippen molar-refractivity contribution >= 4 is 22.0 Å². The van der Waals surface area contributed by atoms with Gasteiger partial charge in [-0.15, -0.1) is 0 Å². The third kappa shape index (κ3) is 6.77. The van der Waals surface area contributed by atoms with Crippen molar-refractivity contribution in [1.29, 1.82) is 0 Å². The molecular weight excluding hydrogens is 446 g/mol. The summed E-state index contributed by atoms with van der Waals surface area (Å²) < 4.78 is 32.9. The molecular formula is C22H39N5O5S. The van der Waals surface area contributed by atoms with Gasteiger partial charge in [-0.25, -0.2) is 13.2 Å². The maximum atomic E-state index is 13.2. The second-order valence-electron chi connectivity index (χ2n) is 8.96. The Morgan fingerprint density at radius 1 is 1.21 bits per heavy atom. The molecule has 1 aliphatic heterocycles. The van der Waals surface area contributed by atoms with Crippen molar-refractivity contribution in [2.75, 3.05) is 46.8 Å². The van der Waals surface area contributed by atoms with Gasteiger partial charge in [-0.05, 0) is 66.1 Å². The Labute approximate surface area is 197 Å². The van der Waals surface area contributed by atoms with E-state index < -0.39 is 10.0 Å². The lowest BCUT2D eigenvalue weighted by Gasteiger charge is -2.37. The van der Waals surface area contributed by atoms with E-state index in [1.807, 2.05) is 25.9 Å².